The summed E-state index contributed by atoms with van der Waals surface area (Å²) >= 11 is 8.83. The van der Waals surface area contributed by atoms with Crippen LogP contribution in [0, 0.1) is 0 Å². The van der Waals surface area contributed by atoms with Crippen LogP contribution in [-0.4, -0.2) is 9.14 Å². The van der Waals surface area contributed by atoms with Crippen LogP contribution in [0.3, 0.4) is 0 Å². The summed E-state index contributed by atoms with van der Waals surface area (Å²) in [6.45, 7) is 0. The molecule has 2 atom stereocenters. The van der Waals surface area contributed by atoms with Crippen LogP contribution in [0.2, 0.25) is 0 Å². The van der Waals surface area contributed by atoms with Crippen LogP contribution in [0.25, 0.3) is 0 Å². The van der Waals surface area contributed by atoms with Crippen molar-refractivity contribution in [3.05, 3.63) is 182 Å². The Balaban J connectivity index is 1.48. The zero-order valence-electron chi connectivity index (χ0n) is 24.5. The average Bonchev–Trinajstić information content (AvgIpc) is 3.11. The first-order chi connectivity index (χ1) is 21.7. The number of alkyl halides is 2. The molecule has 0 N–H and O–H groups in total. The van der Waals surface area contributed by atoms with Gasteiger partial charge in [0.25, 0.3) is 0 Å². The summed E-state index contributed by atoms with van der Waals surface area (Å²) in [4.78, 5) is 0. The highest BCUT2D eigenvalue weighted by atomic mass is 79.9. The van der Waals surface area contributed by atoms with Gasteiger partial charge in [-0.3, -0.25) is 0 Å². The van der Waals surface area contributed by atoms with Gasteiger partial charge in [-0.2, -0.15) is 0 Å². The summed E-state index contributed by atoms with van der Waals surface area (Å²) in [5, 5.41) is 8.42. The minimum absolute atomic E-state index is 0.242. The van der Waals surface area contributed by atoms with E-state index in [0.717, 1.165) is 12.8 Å². The third kappa shape index (κ3) is 5.91. The molecule has 0 aliphatic rings. The van der Waals surface area contributed by atoms with Crippen LogP contribution in [0.4, 0.5) is 0 Å². The van der Waals surface area contributed by atoms with E-state index in [1.54, 1.807) is 0 Å². The average molecular weight is 738 g/mol. The number of hydrogen-bond donors (Lipinski definition) is 0. The molecule has 6 aromatic rings. The maximum Gasteiger partial charge on any atom is 0.138 e. The second-order valence-electron chi connectivity index (χ2n) is 10.9. The van der Waals surface area contributed by atoms with Gasteiger partial charge >= 0.3 is 0 Å². The van der Waals surface area contributed by atoms with Crippen LogP contribution in [0.15, 0.2) is 182 Å². The van der Waals surface area contributed by atoms with Crippen LogP contribution < -0.4 is 31.8 Å². The lowest BCUT2D eigenvalue weighted by molar-refractivity contribution is 0.857. The molecule has 0 saturated carbocycles. The molecule has 0 aliphatic carbocycles. The maximum atomic E-state index is 4.42. The highest BCUT2D eigenvalue weighted by Gasteiger charge is 2.54. The second-order valence-corrected chi connectivity index (χ2v) is 21.8. The Labute approximate surface area is 280 Å². The molecule has 0 nitrogen and oxygen atoms in total. The Morgan fingerprint density at radius 3 is 0.614 bits per heavy atom. The molecule has 0 heterocycles. The van der Waals surface area contributed by atoms with Crippen LogP contribution in [0.5, 0.6) is 0 Å². The summed E-state index contributed by atoms with van der Waals surface area (Å²) < 4.78 is 0.484. The molecule has 0 amide bonds. The van der Waals surface area contributed by atoms with E-state index in [-0.39, 0.29) is 9.14 Å². The summed E-state index contributed by atoms with van der Waals surface area (Å²) in [5.41, 5.74) is 0. The normalized spacial score (nSPS) is 13.2. The second kappa shape index (κ2) is 14.5. The molecule has 0 spiro atoms. The standard InChI is InChI=1S/C40H36Br2P2/c41-39(43(33-19-7-1-8-20-33,34-21-9-2-10-22-34)35-23-11-3-12-24-35)31-32-40(42)44(36-25-13-4-14-26-36,37-27-15-5-16-28-37)38-29-17-6-18-30-38/h1-30,39-40H,31-32H2/q+2. The largest absolute Gasteiger partial charge is 0.138 e. The van der Waals surface area contributed by atoms with E-state index in [1.807, 2.05) is 0 Å². The molecule has 4 heteroatoms. The van der Waals surface area contributed by atoms with E-state index in [9.17, 15) is 0 Å². The molecule has 0 saturated heterocycles. The van der Waals surface area contributed by atoms with Gasteiger partial charge in [-0.25, -0.2) is 0 Å². The van der Waals surface area contributed by atoms with E-state index in [0.29, 0.717) is 0 Å². The van der Waals surface area contributed by atoms with Gasteiger partial charge in [0.05, 0.1) is 0 Å². The molecule has 0 radical (unpaired) electrons. The summed E-state index contributed by atoms with van der Waals surface area (Å²) in [5.74, 6) is 0. The first-order valence-corrected chi connectivity index (χ1v) is 20.6. The molecule has 6 rings (SSSR count). The fraction of sp³-hybridized carbons (Fsp3) is 0.100. The lowest BCUT2D eigenvalue weighted by Gasteiger charge is -2.34. The van der Waals surface area contributed by atoms with Crippen LogP contribution in [-0.2, 0) is 0 Å². The SMILES string of the molecule is BrC(CCC(Br)[P+](c1ccccc1)(c1ccccc1)c1ccccc1)[P+](c1ccccc1)(c1ccccc1)c1ccccc1. The van der Waals surface area contributed by atoms with Gasteiger partial charge in [0.15, 0.2) is 0 Å². The Hall–Kier alpha value is -2.86. The predicted molar refractivity (Wildman–Crippen MR) is 205 cm³/mol. The summed E-state index contributed by atoms with van der Waals surface area (Å²) in [7, 11) is -4.12. The molecule has 0 bridgehead atoms. The summed E-state index contributed by atoms with van der Waals surface area (Å²) in [6, 6.07) is 67.1. The van der Waals surface area contributed by atoms with Crippen molar-refractivity contribution in [2.75, 3.05) is 0 Å². The van der Waals surface area contributed by atoms with Gasteiger partial charge in [-0.05, 0) is 117 Å². The smallest absolute Gasteiger partial charge is 0.0620 e. The van der Waals surface area contributed by atoms with Gasteiger partial charge in [-0.1, -0.05) is 109 Å². The highest BCUT2D eigenvalue weighted by Crippen LogP contribution is 2.66. The number of halogens is 2. The van der Waals surface area contributed by atoms with Crippen LogP contribution in [0.1, 0.15) is 12.8 Å². The van der Waals surface area contributed by atoms with Gasteiger partial charge in [0.1, 0.15) is 55.5 Å². The monoisotopic (exact) mass is 736 g/mol. The van der Waals surface area contributed by atoms with Crippen molar-refractivity contribution in [3.63, 3.8) is 0 Å². The molecular formula is C40H36Br2P2+2. The van der Waals surface area contributed by atoms with Gasteiger partial charge < -0.3 is 0 Å². The maximum absolute atomic E-state index is 4.42. The van der Waals surface area contributed by atoms with E-state index < -0.39 is 14.5 Å². The van der Waals surface area contributed by atoms with E-state index in [2.05, 4.69) is 214 Å². The lowest BCUT2D eigenvalue weighted by Crippen LogP contribution is -2.38. The third-order valence-electron chi connectivity index (χ3n) is 8.46. The number of rotatable bonds is 11. The fourth-order valence-electron chi connectivity index (χ4n) is 6.51. The molecule has 6 aromatic carbocycles. The summed E-state index contributed by atoms with van der Waals surface area (Å²) in [6.07, 6.45) is 2.02. The molecule has 2 unspecified atom stereocenters. The minimum Gasteiger partial charge on any atom is -0.0620 e. The van der Waals surface area contributed by atoms with Gasteiger partial charge in [0, 0.05) is 0 Å². The minimum atomic E-state index is -2.06. The predicted octanol–water partition coefficient (Wildman–Crippen LogP) is 9.20. The number of benzene rings is 6. The van der Waals surface area contributed by atoms with Crippen molar-refractivity contribution in [3.8, 4) is 0 Å². The highest BCUT2D eigenvalue weighted by molar-refractivity contribution is 9.11. The van der Waals surface area contributed by atoms with Gasteiger partial charge in [0.2, 0.25) is 0 Å². The Morgan fingerprint density at radius 1 is 0.295 bits per heavy atom. The lowest BCUT2D eigenvalue weighted by atomic mass is 10.3. The first-order valence-electron chi connectivity index (χ1n) is 15.1. The van der Waals surface area contributed by atoms with E-state index in [1.165, 1.54) is 31.8 Å². The molecule has 218 valence electrons. The molecule has 0 aliphatic heterocycles. The zero-order chi connectivity index (χ0) is 30.2. The topological polar surface area (TPSA) is 0 Å². The Kier molecular flexibility index (Phi) is 10.3. The van der Waals surface area contributed by atoms with Crippen molar-refractivity contribution < 1.29 is 0 Å². The van der Waals surface area contributed by atoms with Crippen molar-refractivity contribution >= 4 is 78.2 Å². The van der Waals surface area contributed by atoms with E-state index >= 15 is 0 Å². The molecule has 44 heavy (non-hydrogen) atoms. The van der Waals surface area contributed by atoms with Crippen molar-refractivity contribution in [1.29, 1.82) is 0 Å². The first kappa shape index (κ1) is 31.1. The molecular weight excluding hydrogens is 702 g/mol. The van der Waals surface area contributed by atoms with Crippen molar-refractivity contribution in [1.82, 2.24) is 0 Å². The fourth-order valence-corrected chi connectivity index (χ4v) is 19.9. The Morgan fingerprint density at radius 2 is 0.455 bits per heavy atom. The quantitative estimate of drug-likeness (QED) is 0.0920. The van der Waals surface area contributed by atoms with Crippen molar-refractivity contribution in [2.45, 2.75) is 22.0 Å². The molecule has 0 aromatic heterocycles. The van der Waals surface area contributed by atoms with Gasteiger partial charge in [-0.15, -0.1) is 0 Å². The number of hydrogen-bond acceptors (Lipinski definition) is 0. The zero-order valence-corrected chi connectivity index (χ0v) is 29.5. The Bertz CT molecular complexity index is 1390. The van der Waals surface area contributed by atoms with E-state index in [4.69, 9.17) is 0 Å². The van der Waals surface area contributed by atoms with Crippen molar-refractivity contribution in [2.24, 2.45) is 0 Å². The molecule has 0 fully saturated rings. The van der Waals surface area contributed by atoms with Crippen LogP contribution >= 0.6 is 46.4 Å². The third-order valence-corrected chi connectivity index (χ3v) is 21.9.